The van der Waals surface area contributed by atoms with Crippen LogP contribution >= 0.6 is 0 Å². The Labute approximate surface area is 103 Å². The minimum atomic E-state index is -0.275. The van der Waals surface area contributed by atoms with Crippen LogP contribution in [0.4, 0.5) is 0 Å². The third kappa shape index (κ3) is 4.83. The average Bonchev–Trinajstić information content (AvgIpc) is 2.61. The molecule has 1 rings (SSSR count). The minimum absolute atomic E-state index is 0.0313. The molecule has 2 unspecified atom stereocenters. The van der Waals surface area contributed by atoms with Gasteiger partial charge in [-0.1, -0.05) is 5.21 Å². The number of rotatable bonds is 5. The van der Waals surface area contributed by atoms with E-state index in [1.807, 2.05) is 10.9 Å². The van der Waals surface area contributed by atoms with Gasteiger partial charge in [0.15, 0.2) is 0 Å². The van der Waals surface area contributed by atoms with Crippen molar-refractivity contribution < 1.29 is 5.11 Å². The summed E-state index contributed by atoms with van der Waals surface area (Å²) in [6, 6.07) is 0.273. The number of nitrogens with zero attached hydrogens (tertiary/aromatic N) is 3. The maximum Gasteiger partial charge on any atom is 0.0965 e. The summed E-state index contributed by atoms with van der Waals surface area (Å²) in [6.45, 7) is 10.8. The van der Waals surface area contributed by atoms with Crippen LogP contribution in [0.5, 0.6) is 0 Å². The average molecular weight is 240 g/mol. The first kappa shape index (κ1) is 14.1. The fraction of sp³-hybridized carbons (Fsp3) is 0.833. The monoisotopic (exact) mass is 240 g/mol. The van der Waals surface area contributed by atoms with Crippen LogP contribution < -0.4 is 5.32 Å². The van der Waals surface area contributed by atoms with Crippen molar-refractivity contribution in [2.75, 3.05) is 0 Å². The van der Waals surface area contributed by atoms with Crippen molar-refractivity contribution in [1.82, 2.24) is 20.3 Å². The summed E-state index contributed by atoms with van der Waals surface area (Å²) in [7, 11) is 0. The third-order valence-electron chi connectivity index (χ3n) is 2.55. The lowest BCUT2D eigenvalue weighted by Gasteiger charge is -2.17. The summed E-state index contributed by atoms with van der Waals surface area (Å²) in [5.41, 5.74) is 0.897. The fourth-order valence-corrected chi connectivity index (χ4v) is 1.58. The van der Waals surface area contributed by atoms with Gasteiger partial charge in [0.25, 0.3) is 0 Å². The fourth-order valence-electron chi connectivity index (χ4n) is 1.58. The Morgan fingerprint density at radius 1 is 1.41 bits per heavy atom. The van der Waals surface area contributed by atoms with Crippen LogP contribution in [0.3, 0.4) is 0 Å². The molecule has 0 amide bonds. The van der Waals surface area contributed by atoms with Crippen molar-refractivity contribution >= 4 is 0 Å². The molecule has 0 aliphatic rings. The van der Waals surface area contributed by atoms with Crippen molar-refractivity contribution in [2.45, 2.75) is 65.3 Å². The summed E-state index contributed by atoms with van der Waals surface area (Å²) in [4.78, 5) is 0. The Bertz CT molecular complexity index is 341. The highest BCUT2D eigenvalue weighted by Crippen LogP contribution is 2.11. The van der Waals surface area contributed by atoms with Crippen LogP contribution in [-0.4, -0.2) is 32.2 Å². The molecule has 0 radical (unpaired) electrons. The first-order valence-electron chi connectivity index (χ1n) is 6.12. The predicted octanol–water partition coefficient (Wildman–Crippen LogP) is 1.28. The first-order chi connectivity index (χ1) is 7.79. The Balaban J connectivity index is 2.45. The standard InChI is InChI=1S/C12H24N4O/c1-9(6-10(2)17)13-7-11-8-16(15-14-11)12(3,4)5/h8-10,13,17H,6-7H2,1-5H3. The maximum absolute atomic E-state index is 9.26. The molecule has 17 heavy (non-hydrogen) atoms. The van der Waals surface area contributed by atoms with E-state index in [0.717, 1.165) is 12.1 Å². The molecule has 5 heteroatoms. The Morgan fingerprint density at radius 3 is 2.53 bits per heavy atom. The molecule has 0 saturated carbocycles. The molecule has 0 aromatic carbocycles. The van der Waals surface area contributed by atoms with Gasteiger partial charge in [-0.3, -0.25) is 0 Å². The molecule has 1 aromatic rings. The molecule has 5 nitrogen and oxygen atoms in total. The molecule has 0 saturated heterocycles. The zero-order valence-corrected chi connectivity index (χ0v) is 11.4. The molecule has 2 atom stereocenters. The van der Waals surface area contributed by atoms with Gasteiger partial charge in [0.05, 0.1) is 23.5 Å². The first-order valence-corrected chi connectivity index (χ1v) is 6.12. The SMILES string of the molecule is CC(O)CC(C)NCc1cn(C(C)(C)C)nn1. The van der Waals surface area contributed by atoms with Crippen molar-refractivity contribution in [3.05, 3.63) is 11.9 Å². The van der Waals surface area contributed by atoms with Gasteiger partial charge in [-0.2, -0.15) is 0 Å². The minimum Gasteiger partial charge on any atom is -0.393 e. The lowest BCUT2D eigenvalue weighted by Crippen LogP contribution is -2.28. The van der Waals surface area contributed by atoms with E-state index >= 15 is 0 Å². The Hall–Kier alpha value is -0.940. The van der Waals surface area contributed by atoms with Crippen LogP contribution in [0.25, 0.3) is 0 Å². The van der Waals surface area contributed by atoms with Gasteiger partial charge in [0.1, 0.15) is 0 Å². The van der Waals surface area contributed by atoms with E-state index in [9.17, 15) is 5.11 Å². The molecule has 98 valence electrons. The van der Waals surface area contributed by atoms with Crippen molar-refractivity contribution in [2.24, 2.45) is 0 Å². The molecular weight excluding hydrogens is 216 g/mol. The second-order valence-electron chi connectivity index (χ2n) is 5.69. The molecular formula is C12H24N4O. The Morgan fingerprint density at radius 2 is 2.06 bits per heavy atom. The largest absolute Gasteiger partial charge is 0.393 e. The van der Waals surface area contributed by atoms with E-state index in [1.165, 1.54) is 0 Å². The van der Waals surface area contributed by atoms with Crippen LogP contribution in [0.15, 0.2) is 6.20 Å². The molecule has 1 heterocycles. The molecule has 0 bridgehead atoms. The quantitative estimate of drug-likeness (QED) is 0.814. The van der Waals surface area contributed by atoms with E-state index in [2.05, 4.69) is 43.3 Å². The van der Waals surface area contributed by atoms with E-state index in [0.29, 0.717) is 6.54 Å². The number of aliphatic hydroxyl groups is 1. The summed E-state index contributed by atoms with van der Waals surface area (Å²) in [5, 5.41) is 20.8. The van der Waals surface area contributed by atoms with Gasteiger partial charge in [0, 0.05) is 12.6 Å². The number of aliphatic hydroxyl groups excluding tert-OH is 1. The summed E-state index contributed by atoms with van der Waals surface area (Å²) in [6.07, 6.45) is 2.43. The topological polar surface area (TPSA) is 63.0 Å². The summed E-state index contributed by atoms with van der Waals surface area (Å²) >= 11 is 0. The van der Waals surface area contributed by atoms with Crippen LogP contribution in [0.1, 0.15) is 46.7 Å². The molecule has 2 N–H and O–H groups in total. The smallest absolute Gasteiger partial charge is 0.0965 e. The van der Waals surface area contributed by atoms with E-state index in [4.69, 9.17) is 0 Å². The highest BCUT2D eigenvalue weighted by Gasteiger charge is 2.15. The number of aromatic nitrogens is 3. The zero-order valence-electron chi connectivity index (χ0n) is 11.4. The van der Waals surface area contributed by atoms with Crippen LogP contribution in [0.2, 0.25) is 0 Å². The van der Waals surface area contributed by atoms with E-state index in [1.54, 1.807) is 6.92 Å². The molecule has 0 fully saturated rings. The van der Waals surface area contributed by atoms with Crippen molar-refractivity contribution in [3.63, 3.8) is 0 Å². The van der Waals surface area contributed by atoms with Gasteiger partial charge in [0.2, 0.25) is 0 Å². The second-order valence-corrected chi connectivity index (χ2v) is 5.69. The zero-order chi connectivity index (χ0) is 13.1. The highest BCUT2D eigenvalue weighted by molar-refractivity contribution is 4.94. The molecule has 0 aliphatic carbocycles. The number of hydrogen-bond acceptors (Lipinski definition) is 4. The van der Waals surface area contributed by atoms with Crippen molar-refractivity contribution in [1.29, 1.82) is 0 Å². The second kappa shape index (κ2) is 5.60. The highest BCUT2D eigenvalue weighted by atomic mass is 16.3. The van der Waals surface area contributed by atoms with E-state index < -0.39 is 0 Å². The normalized spacial score (nSPS) is 15.9. The third-order valence-corrected chi connectivity index (χ3v) is 2.55. The van der Waals surface area contributed by atoms with Gasteiger partial charge in [-0.05, 0) is 41.0 Å². The molecule has 1 aromatic heterocycles. The van der Waals surface area contributed by atoms with Gasteiger partial charge >= 0.3 is 0 Å². The molecule has 0 spiro atoms. The van der Waals surface area contributed by atoms with Gasteiger partial charge < -0.3 is 10.4 Å². The summed E-state index contributed by atoms with van der Waals surface area (Å²) < 4.78 is 1.86. The maximum atomic E-state index is 9.26. The van der Waals surface area contributed by atoms with E-state index in [-0.39, 0.29) is 17.7 Å². The lowest BCUT2D eigenvalue weighted by atomic mass is 10.1. The summed E-state index contributed by atoms with van der Waals surface area (Å²) in [5.74, 6) is 0. The van der Waals surface area contributed by atoms with Crippen LogP contribution in [-0.2, 0) is 12.1 Å². The lowest BCUT2D eigenvalue weighted by molar-refractivity contribution is 0.170. The Kier molecular flexibility index (Phi) is 4.65. The molecule has 0 aliphatic heterocycles. The van der Waals surface area contributed by atoms with Crippen molar-refractivity contribution in [3.8, 4) is 0 Å². The van der Waals surface area contributed by atoms with Gasteiger partial charge in [-0.25, -0.2) is 4.68 Å². The number of nitrogens with one attached hydrogen (secondary N) is 1. The predicted molar refractivity (Wildman–Crippen MR) is 67.6 cm³/mol. The number of hydrogen-bond donors (Lipinski definition) is 2. The van der Waals surface area contributed by atoms with Gasteiger partial charge in [-0.15, -0.1) is 5.10 Å². The van der Waals surface area contributed by atoms with Crippen LogP contribution in [0, 0.1) is 0 Å².